The smallest absolute Gasteiger partial charge is 0.179 e. The molecule has 0 saturated heterocycles. The molecule has 0 N–H and O–H groups in total. The number of nitrogens with zero attached hydrogens (tertiary/aromatic N) is 1. The Morgan fingerprint density at radius 1 is 1.31 bits per heavy atom. The van der Waals surface area contributed by atoms with E-state index in [0.717, 1.165) is 43.2 Å². The average Bonchev–Trinajstić information content (AvgIpc) is 2.41. The lowest BCUT2D eigenvalue weighted by molar-refractivity contribution is 0.296. The number of ether oxygens (including phenoxy) is 2. The van der Waals surface area contributed by atoms with Crippen molar-refractivity contribution in [2.24, 2.45) is 0 Å². The summed E-state index contributed by atoms with van der Waals surface area (Å²) in [6.45, 7) is 3.53. The van der Waals surface area contributed by atoms with E-state index < -0.39 is 0 Å². The molecule has 0 aliphatic carbocycles. The highest BCUT2D eigenvalue weighted by atomic mass is 16.5. The van der Waals surface area contributed by atoms with Crippen molar-refractivity contribution in [1.82, 2.24) is 4.98 Å². The van der Waals surface area contributed by atoms with Crippen LogP contribution in [0.1, 0.15) is 19.0 Å². The SMILES string of the molecule is CCc1cc2c(cn1)OCCCO2. The van der Waals surface area contributed by atoms with Crippen molar-refractivity contribution in [2.45, 2.75) is 19.8 Å². The van der Waals surface area contributed by atoms with E-state index in [-0.39, 0.29) is 0 Å². The predicted molar refractivity (Wildman–Crippen MR) is 49.2 cm³/mol. The van der Waals surface area contributed by atoms with Crippen LogP contribution in [-0.2, 0) is 6.42 Å². The normalized spacial score (nSPS) is 15.2. The van der Waals surface area contributed by atoms with Crippen LogP contribution in [0.2, 0.25) is 0 Å². The Hall–Kier alpha value is -1.25. The summed E-state index contributed by atoms with van der Waals surface area (Å²) in [5.74, 6) is 1.61. The van der Waals surface area contributed by atoms with E-state index >= 15 is 0 Å². The number of rotatable bonds is 1. The maximum absolute atomic E-state index is 5.53. The van der Waals surface area contributed by atoms with Crippen LogP contribution < -0.4 is 9.47 Å². The standard InChI is InChI=1S/C10H13NO2/c1-2-8-6-9-10(7-11-8)13-5-3-4-12-9/h6-7H,2-5H2,1H3. The molecule has 0 aromatic carbocycles. The van der Waals surface area contributed by atoms with Crippen molar-refractivity contribution in [3.05, 3.63) is 18.0 Å². The molecule has 13 heavy (non-hydrogen) atoms. The lowest BCUT2D eigenvalue weighted by Gasteiger charge is -2.06. The minimum atomic E-state index is 0.722. The molecule has 70 valence electrons. The second-order valence-corrected chi connectivity index (χ2v) is 3.03. The quantitative estimate of drug-likeness (QED) is 0.658. The summed E-state index contributed by atoms with van der Waals surface area (Å²) in [7, 11) is 0. The molecular formula is C10H13NO2. The zero-order valence-electron chi connectivity index (χ0n) is 7.75. The minimum Gasteiger partial charge on any atom is -0.489 e. The molecule has 0 unspecified atom stereocenters. The maximum Gasteiger partial charge on any atom is 0.179 e. The lowest BCUT2D eigenvalue weighted by atomic mass is 10.3. The topological polar surface area (TPSA) is 31.4 Å². The third-order valence-electron chi connectivity index (χ3n) is 2.05. The Bertz CT molecular complexity index is 299. The molecule has 2 rings (SSSR count). The first-order valence-corrected chi connectivity index (χ1v) is 4.64. The molecule has 0 saturated carbocycles. The van der Waals surface area contributed by atoms with Crippen LogP contribution in [0.3, 0.4) is 0 Å². The van der Waals surface area contributed by atoms with Gasteiger partial charge in [-0.15, -0.1) is 0 Å². The summed E-state index contributed by atoms with van der Waals surface area (Å²) in [5.41, 5.74) is 1.05. The first-order chi connectivity index (χ1) is 6.40. The van der Waals surface area contributed by atoms with E-state index in [9.17, 15) is 0 Å². The first kappa shape index (κ1) is 8.35. The molecule has 1 aliphatic rings. The van der Waals surface area contributed by atoms with E-state index in [1.807, 2.05) is 6.07 Å². The molecule has 0 amide bonds. The van der Waals surface area contributed by atoms with Crippen LogP contribution in [0.25, 0.3) is 0 Å². The lowest BCUT2D eigenvalue weighted by Crippen LogP contribution is -1.97. The second kappa shape index (κ2) is 3.64. The Morgan fingerprint density at radius 2 is 2.08 bits per heavy atom. The fourth-order valence-corrected chi connectivity index (χ4v) is 1.30. The van der Waals surface area contributed by atoms with E-state index in [1.165, 1.54) is 0 Å². The molecule has 0 spiro atoms. The predicted octanol–water partition coefficient (Wildman–Crippen LogP) is 1.81. The summed E-state index contributed by atoms with van der Waals surface area (Å²) in [4.78, 5) is 4.25. The molecule has 0 radical (unpaired) electrons. The van der Waals surface area contributed by atoms with Crippen molar-refractivity contribution in [3.63, 3.8) is 0 Å². The van der Waals surface area contributed by atoms with Crippen molar-refractivity contribution in [2.75, 3.05) is 13.2 Å². The van der Waals surface area contributed by atoms with Gasteiger partial charge in [0, 0.05) is 18.2 Å². The third kappa shape index (κ3) is 1.74. The number of aryl methyl sites for hydroxylation is 1. The summed E-state index contributed by atoms with van der Waals surface area (Å²) in [6.07, 6.45) is 3.62. The van der Waals surface area contributed by atoms with Gasteiger partial charge in [0.1, 0.15) is 0 Å². The van der Waals surface area contributed by atoms with Gasteiger partial charge in [-0.25, -0.2) is 0 Å². The summed E-state index contributed by atoms with van der Waals surface area (Å²) < 4.78 is 11.0. The van der Waals surface area contributed by atoms with Crippen LogP contribution in [0, 0.1) is 0 Å². The van der Waals surface area contributed by atoms with Gasteiger partial charge in [-0.05, 0) is 6.42 Å². The fourth-order valence-electron chi connectivity index (χ4n) is 1.30. The molecular weight excluding hydrogens is 166 g/mol. The fraction of sp³-hybridized carbons (Fsp3) is 0.500. The van der Waals surface area contributed by atoms with Crippen LogP contribution in [0.4, 0.5) is 0 Å². The number of fused-ring (bicyclic) bond motifs is 1. The third-order valence-corrected chi connectivity index (χ3v) is 2.05. The zero-order chi connectivity index (χ0) is 9.10. The monoisotopic (exact) mass is 179 g/mol. The number of aromatic nitrogens is 1. The first-order valence-electron chi connectivity index (χ1n) is 4.64. The minimum absolute atomic E-state index is 0.722. The highest BCUT2D eigenvalue weighted by molar-refractivity contribution is 5.39. The van der Waals surface area contributed by atoms with Gasteiger partial charge in [-0.1, -0.05) is 6.92 Å². The Balaban J connectivity index is 2.32. The van der Waals surface area contributed by atoms with Gasteiger partial charge < -0.3 is 9.47 Å². The van der Waals surface area contributed by atoms with Gasteiger partial charge in [-0.2, -0.15) is 0 Å². The Morgan fingerprint density at radius 3 is 2.85 bits per heavy atom. The molecule has 1 aliphatic heterocycles. The van der Waals surface area contributed by atoms with Crippen molar-refractivity contribution in [1.29, 1.82) is 0 Å². The van der Waals surface area contributed by atoms with E-state index in [2.05, 4.69) is 11.9 Å². The number of hydrogen-bond acceptors (Lipinski definition) is 3. The van der Waals surface area contributed by atoms with E-state index in [4.69, 9.17) is 9.47 Å². The van der Waals surface area contributed by atoms with Gasteiger partial charge in [0.15, 0.2) is 11.5 Å². The molecule has 0 bridgehead atoms. The molecule has 2 heterocycles. The molecule has 3 heteroatoms. The number of pyridine rings is 1. The zero-order valence-corrected chi connectivity index (χ0v) is 7.75. The Kier molecular flexibility index (Phi) is 2.34. The van der Waals surface area contributed by atoms with Gasteiger partial charge in [0.2, 0.25) is 0 Å². The molecule has 3 nitrogen and oxygen atoms in total. The summed E-state index contributed by atoms with van der Waals surface area (Å²) in [6, 6.07) is 1.96. The van der Waals surface area contributed by atoms with Crippen LogP contribution in [0.15, 0.2) is 12.3 Å². The van der Waals surface area contributed by atoms with Gasteiger partial charge in [0.05, 0.1) is 19.4 Å². The Labute approximate surface area is 77.7 Å². The summed E-state index contributed by atoms with van der Waals surface area (Å²) in [5, 5.41) is 0. The van der Waals surface area contributed by atoms with Crippen molar-refractivity contribution in [3.8, 4) is 11.5 Å². The van der Waals surface area contributed by atoms with Crippen molar-refractivity contribution >= 4 is 0 Å². The van der Waals surface area contributed by atoms with Gasteiger partial charge in [0.25, 0.3) is 0 Å². The molecule has 1 aromatic heterocycles. The van der Waals surface area contributed by atoms with Crippen LogP contribution >= 0.6 is 0 Å². The van der Waals surface area contributed by atoms with E-state index in [0.29, 0.717) is 0 Å². The van der Waals surface area contributed by atoms with Gasteiger partial charge >= 0.3 is 0 Å². The van der Waals surface area contributed by atoms with E-state index in [1.54, 1.807) is 6.20 Å². The molecule has 0 atom stereocenters. The van der Waals surface area contributed by atoms with Crippen LogP contribution in [-0.4, -0.2) is 18.2 Å². The average molecular weight is 179 g/mol. The highest BCUT2D eigenvalue weighted by Crippen LogP contribution is 2.28. The van der Waals surface area contributed by atoms with Crippen molar-refractivity contribution < 1.29 is 9.47 Å². The summed E-state index contributed by atoms with van der Waals surface area (Å²) >= 11 is 0. The van der Waals surface area contributed by atoms with Gasteiger partial charge in [-0.3, -0.25) is 4.98 Å². The number of hydrogen-bond donors (Lipinski definition) is 0. The maximum atomic E-state index is 5.53. The second-order valence-electron chi connectivity index (χ2n) is 3.03. The molecule has 0 fully saturated rings. The largest absolute Gasteiger partial charge is 0.489 e. The highest BCUT2D eigenvalue weighted by Gasteiger charge is 2.10. The molecule has 1 aromatic rings. The van der Waals surface area contributed by atoms with Crippen LogP contribution in [0.5, 0.6) is 11.5 Å².